The Morgan fingerprint density at radius 2 is 2.00 bits per heavy atom. The van der Waals surface area contributed by atoms with Gasteiger partial charge in [0.25, 0.3) is 0 Å². The zero-order valence-corrected chi connectivity index (χ0v) is 18.2. The van der Waals surface area contributed by atoms with Crippen LogP contribution >= 0.6 is 35.3 Å². The SMILES string of the molecule is CCc1cnc(CCNC(=NC)NCc2nccc3ccccc23)s1.I. The van der Waals surface area contributed by atoms with E-state index in [1.807, 2.05) is 30.6 Å². The molecule has 3 aromatic rings. The molecule has 3 rings (SSSR count). The van der Waals surface area contributed by atoms with Gasteiger partial charge in [-0.05, 0) is 17.9 Å². The summed E-state index contributed by atoms with van der Waals surface area (Å²) in [5.41, 5.74) is 1.02. The lowest BCUT2D eigenvalue weighted by atomic mass is 10.1. The van der Waals surface area contributed by atoms with Crippen LogP contribution in [0.3, 0.4) is 0 Å². The number of guanidine groups is 1. The molecule has 0 amide bonds. The van der Waals surface area contributed by atoms with E-state index >= 15 is 0 Å². The molecule has 0 saturated heterocycles. The number of aryl methyl sites for hydroxylation is 1. The Hall–Kier alpha value is -1.74. The fraction of sp³-hybridized carbons (Fsp3) is 0.316. The third-order valence-electron chi connectivity index (χ3n) is 3.98. The number of thiazole rings is 1. The first-order valence-corrected chi connectivity index (χ1v) is 9.32. The topological polar surface area (TPSA) is 62.2 Å². The maximum absolute atomic E-state index is 4.50. The highest BCUT2D eigenvalue weighted by atomic mass is 127. The molecule has 26 heavy (non-hydrogen) atoms. The molecular formula is C19H24IN5S. The Morgan fingerprint density at radius 1 is 1.15 bits per heavy atom. The summed E-state index contributed by atoms with van der Waals surface area (Å²) in [6.07, 6.45) is 5.77. The smallest absolute Gasteiger partial charge is 0.191 e. The van der Waals surface area contributed by atoms with Crippen LogP contribution in [0.5, 0.6) is 0 Å². The first-order chi connectivity index (χ1) is 12.3. The standard InChI is InChI=1S/C19H23N5S.HI/c1-3-15-12-23-18(25-15)9-11-22-19(20-2)24-13-17-16-7-5-4-6-14(16)8-10-21-17;/h4-8,10,12H,3,9,11,13H2,1-2H3,(H2,20,22,24);1H. The Bertz CT molecular complexity index is 857. The fourth-order valence-electron chi connectivity index (χ4n) is 2.63. The zero-order chi connectivity index (χ0) is 17.5. The van der Waals surface area contributed by atoms with Crippen LogP contribution in [0, 0.1) is 0 Å². The van der Waals surface area contributed by atoms with Gasteiger partial charge in [-0.15, -0.1) is 35.3 Å². The molecule has 2 aromatic heterocycles. The number of nitrogens with zero attached hydrogens (tertiary/aromatic N) is 3. The predicted molar refractivity (Wildman–Crippen MR) is 121 cm³/mol. The van der Waals surface area contributed by atoms with Gasteiger partial charge in [0, 0.05) is 42.7 Å². The Kier molecular flexibility index (Phi) is 8.24. The average molecular weight is 481 g/mol. The van der Waals surface area contributed by atoms with E-state index in [2.05, 4.69) is 44.7 Å². The lowest BCUT2D eigenvalue weighted by Crippen LogP contribution is -2.38. The van der Waals surface area contributed by atoms with E-state index in [1.165, 1.54) is 15.6 Å². The highest BCUT2D eigenvalue weighted by Crippen LogP contribution is 2.16. The van der Waals surface area contributed by atoms with Crippen molar-refractivity contribution in [2.24, 2.45) is 4.99 Å². The van der Waals surface area contributed by atoms with Crippen LogP contribution in [-0.2, 0) is 19.4 Å². The van der Waals surface area contributed by atoms with E-state index in [0.717, 1.165) is 36.0 Å². The van der Waals surface area contributed by atoms with Gasteiger partial charge in [-0.25, -0.2) is 4.98 Å². The van der Waals surface area contributed by atoms with Crippen molar-refractivity contribution in [2.45, 2.75) is 26.3 Å². The number of hydrogen-bond acceptors (Lipinski definition) is 4. The number of rotatable bonds is 6. The second-order valence-electron chi connectivity index (χ2n) is 5.66. The van der Waals surface area contributed by atoms with Crippen molar-refractivity contribution in [1.82, 2.24) is 20.6 Å². The van der Waals surface area contributed by atoms with Gasteiger partial charge in [0.05, 0.1) is 17.2 Å². The maximum Gasteiger partial charge on any atom is 0.191 e. The first-order valence-electron chi connectivity index (χ1n) is 8.51. The molecule has 0 saturated carbocycles. The second-order valence-corrected chi connectivity index (χ2v) is 6.85. The molecule has 7 heteroatoms. The molecule has 0 unspecified atom stereocenters. The number of halogens is 1. The van der Waals surface area contributed by atoms with Gasteiger partial charge in [-0.3, -0.25) is 9.98 Å². The number of hydrogen-bond donors (Lipinski definition) is 2. The van der Waals surface area contributed by atoms with Crippen LogP contribution < -0.4 is 10.6 Å². The summed E-state index contributed by atoms with van der Waals surface area (Å²) >= 11 is 1.78. The monoisotopic (exact) mass is 481 g/mol. The Balaban J connectivity index is 0.00000243. The molecule has 0 atom stereocenters. The second kappa shape index (κ2) is 10.4. The maximum atomic E-state index is 4.50. The molecule has 1 aromatic carbocycles. The van der Waals surface area contributed by atoms with Crippen LogP contribution in [0.25, 0.3) is 10.8 Å². The normalized spacial score (nSPS) is 11.2. The van der Waals surface area contributed by atoms with Gasteiger partial charge < -0.3 is 10.6 Å². The molecule has 2 N–H and O–H groups in total. The Labute approximate surface area is 175 Å². The van der Waals surface area contributed by atoms with Gasteiger partial charge >= 0.3 is 0 Å². The molecule has 138 valence electrons. The van der Waals surface area contributed by atoms with E-state index in [-0.39, 0.29) is 24.0 Å². The fourth-order valence-corrected chi connectivity index (χ4v) is 3.49. The summed E-state index contributed by atoms with van der Waals surface area (Å²) in [4.78, 5) is 14.6. The van der Waals surface area contributed by atoms with E-state index in [9.17, 15) is 0 Å². The summed E-state index contributed by atoms with van der Waals surface area (Å²) in [5, 5.41) is 10.2. The average Bonchev–Trinajstić information content (AvgIpc) is 3.12. The van der Waals surface area contributed by atoms with Crippen molar-refractivity contribution in [1.29, 1.82) is 0 Å². The minimum Gasteiger partial charge on any atom is -0.356 e. The third-order valence-corrected chi connectivity index (χ3v) is 5.19. The van der Waals surface area contributed by atoms with Crippen molar-refractivity contribution >= 4 is 52.0 Å². The van der Waals surface area contributed by atoms with Crippen molar-refractivity contribution in [3.8, 4) is 0 Å². The van der Waals surface area contributed by atoms with Crippen molar-refractivity contribution in [3.63, 3.8) is 0 Å². The van der Waals surface area contributed by atoms with Crippen molar-refractivity contribution in [3.05, 3.63) is 58.3 Å². The largest absolute Gasteiger partial charge is 0.356 e. The molecule has 0 aliphatic heterocycles. The molecule has 0 aliphatic carbocycles. The minimum absolute atomic E-state index is 0. The van der Waals surface area contributed by atoms with E-state index in [4.69, 9.17) is 0 Å². The van der Waals surface area contributed by atoms with E-state index in [0.29, 0.717) is 6.54 Å². The molecule has 0 aliphatic rings. The summed E-state index contributed by atoms with van der Waals surface area (Å²) < 4.78 is 0. The lowest BCUT2D eigenvalue weighted by molar-refractivity contribution is 0.784. The predicted octanol–water partition coefficient (Wildman–Crippen LogP) is 3.78. The lowest BCUT2D eigenvalue weighted by Gasteiger charge is -2.12. The zero-order valence-electron chi connectivity index (χ0n) is 15.0. The molecule has 2 heterocycles. The van der Waals surface area contributed by atoms with Gasteiger partial charge in [0.15, 0.2) is 5.96 Å². The van der Waals surface area contributed by atoms with Gasteiger partial charge in [-0.2, -0.15) is 0 Å². The number of nitrogens with one attached hydrogen (secondary N) is 2. The molecule has 0 fully saturated rings. The molecule has 0 bridgehead atoms. The van der Waals surface area contributed by atoms with Gasteiger partial charge in [0.2, 0.25) is 0 Å². The van der Waals surface area contributed by atoms with E-state index < -0.39 is 0 Å². The molecular weight excluding hydrogens is 457 g/mol. The van der Waals surface area contributed by atoms with Crippen LogP contribution in [0.2, 0.25) is 0 Å². The number of benzene rings is 1. The number of pyridine rings is 1. The summed E-state index contributed by atoms with van der Waals surface area (Å²) in [5.74, 6) is 0.780. The van der Waals surface area contributed by atoms with Crippen LogP contribution in [0.15, 0.2) is 47.7 Å². The quantitative estimate of drug-likeness (QED) is 0.320. The van der Waals surface area contributed by atoms with Crippen LogP contribution in [0.1, 0.15) is 22.5 Å². The third kappa shape index (κ3) is 5.38. The summed E-state index contributed by atoms with van der Waals surface area (Å²) in [7, 11) is 1.78. The van der Waals surface area contributed by atoms with E-state index in [1.54, 1.807) is 18.4 Å². The van der Waals surface area contributed by atoms with Crippen LogP contribution in [0.4, 0.5) is 0 Å². The number of fused-ring (bicyclic) bond motifs is 1. The minimum atomic E-state index is 0. The number of aliphatic imine (C=N–C) groups is 1. The van der Waals surface area contributed by atoms with Crippen molar-refractivity contribution < 1.29 is 0 Å². The Morgan fingerprint density at radius 3 is 2.77 bits per heavy atom. The molecule has 5 nitrogen and oxygen atoms in total. The molecule has 0 radical (unpaired) electrons. The highest BCUT2D eigenvalue weighted by Gasteiger charge is 2.05. The van der Waals surface area contributed by atoms with Gasteiger partial charge in [0.1, 0.15) is 0 Å². The van der Waals surface area contributed by atoms with Gasteiger partial charge in [-0.1, -0.05) is 31.2 Å². The first kappa shape index (κ1) is 20.6. The number of aromatic nitrogens is 2. The highest BCUT2D eigenvalue weighted by molar-refractivity contribution is 14.0. The molecule has 0 spiro atoms. The van der Waals surface area contributed by atoms with Crippen molar-refractivity contribution in [2.75, 3.05) is 13.6 Å². The summed E-state index contributed by atoms with van der Waals surface area (Å²) in [6.45, 7) is 3.60. The van der Waals surface area contributed by atoms with Crippen LogP contribution in [-0.4, -0.2) is 29.5 Å². The summed E-state index contributed by atoms with van der Waals surface area (Å²) in [6, 6.07) is 10.3.